The number of carbonyl (C=O) groups excluding carboxylic acids is 3. The fraction of sp³-hybridized carbons (Fsp3) is 0.263. The van der Waals surface area contributed by atoms with Crippen LogP contribution in [0.15, 0.2) is 98.1 Å². The van der Waals surface area contributed by atoms with Gasteiger partial charge in [-0.3, -0.25) is 26.0 Å². The standard InChI is InChI=1S/C38H43N5O6/c1-4-12-30(37(46)47-3)43-36(45)29(17-10-11-22-41-38(39)40)42-33(44)24-49-32-21-19-26-14-7-9-16-28(26)35(32)34-27-15-8-6-13-25(27)18-20-31(34)48-23-5-2/h4-9,13-16,18-21,29-30H,1-2,10-12,17,22-24H2,3H3,(H,42,44)(H,43,45)(H4,39,40,41)/p+1/t29-,30+/m1/s1. The van der Waals surface area contributed by atoms with E-state index in [0.717, 1.165) is 32.7 Å². The van der Waals surface area contributed by atoms with Crippen LogP contribution >= 0.6 is 0 Å². The molecule has 49 heavy (non-hydrogen) atoms. The highest BCUT2D eigenvalue weighted by molar-refractivity contribution is 6.09. The second-order valence-corrected chi connectivity index (χ2v) is 11.3. The van der Waals surface area contributed by atoms with E-state index in [1.165, 1.54) is 13.2 Å². The number of esters is 1. The molecule has 256 valence electrons. The Balaban J connectivity index is 1.63. The van der Waals surface area contributed by atoms with Crippen molar-refractivity contribution in [3.05, 3.63) is 98.1 Å². The van der Waals surface area contributed by atoms with Gasteiger partial charge in [-0.1, -0.05) is 79.4 Å². The summed E-state index contributed by atoms with van der Waals surface area (Å²) in [6.07, 6.45) is 4.82. The number of carbonyl (C=O) groups is 3. The second kappa shape index (κ2) is 17.9. The first-order chi connectivity index (χ1) is 23.8. The molecule has 11 nitrogen and oxygen atoms in total. The molecule has 0 fully saturated rings. The number of ether oxygens (including phenoxy) is 3. The molecule has 0 spiro atoms. The van der Waals surface area contributed by atoms with Crippen molar-refractivity contribution in [3.63, 3.8) is 0 Å². The maximum Gasteiger partial charge on any atom is 0.338 e. The van der Waals surface area contributed by atoms with Crippen LogP contribution < -0.4 is 36.6 Å². The monoisotopic (exact) mass is 666 g/mol. The van der Waals surface area contributed by atoms with Gasteiger partial charge < -0.3 is 24.8 Å². The molecule has 4 aromatic carbocycles. The summed E-state index contributed by atoms with van der Waals surface area (Å²) in [5.74, 6) is -0.460. The number of benzene rings is 4. The van der Waals surface area contributed by atoms with E-state index in [1.54, 1.807) is 6.08 Å². The van der Waals surface area contributed by atoms with E-state index in [2.05, 4.69) is 28.8 Å². The molecule has 2 amide bonds. The number of hydrogen-bond donors (Lipinski definition) is 5. The molecule has 0 aliphatic carbocycles. The van der Waals surface area contributed by atoms with Crippen molar-refractivity contribution in [2.75, 3.05) is 26.9 Å². The second-order valence-electron chi connectivity index (χ2n) is 11.3. The van der Waals surface area contributed by atoms with Crippen molar-refractivity contribution in [2.45, 2.75) is 37.8 Å². The molecular weight excluding hydrogens is 622 g/mol. The summed E-state index contributed by atoms with van der Waals surface area (Å²) in [5.41, 5.74) is 12.5. The summed E-state index contributed by atoms with van der Waals surface area (Å²) in [7, 11) is 1.24. The minimum Gasteiger partial charge on any atom is -0.489 e. The predicted octanol–water partition coefficient (Wildman–Crippen LogP) is 2.85. The average molecular weight is 667 g/mol. The number of hydrogen-bond acceptors (Lipinski definition) is 6. The summed E-state index contributed by atoms with van der Waals surface area (Å²) in [6, 6.07) is 21.7. The summed E-state index contributed by atoms with van der Waals surface area (Å²) in [5, 5.41) is 9.33. The topological polar surface area (TPSA) is 169 Å². The molecule has 2 atom stereocenters. The van der Waals surface area contributed by atoms with Crippen molar-refractivity contribution in [1.82, 2.24) is 10.6 Å². The smallest absolute Gasteiger partial charge is 0.338 e. The fourth-order valence-corrected chi connectivity index (χ4v) is 5.56. The van der Waals surface area contributed by atoms with Crippen LogP contribution in [0.4, 0.5) is 0 Å². The Labute approximate surface area is 286 Å². The molecule has 0 aliphatic heterocycles. The van der Waals surface area contributed by atoms with Crippen LogP contribution in [0.1, 0.15) is 25.7 Å². The van der Waals surface area contributed by atoms with Crippen LogP contribution in [-0.4, -0.2) is 62.7 Å². The number of methoxy groups -OCH3 is 1. The van der Waals surface area contributed by atoms with Crippen LogP contribution in [-0.2, 0) is 19.1 Å². The Kier molecular flexibility index (Phi) is 13.2. The molecule has 0 saturated carbocycles. The van der Waals surface area contributed by atoms with Gasteiger partial charge in [0.15, 0.2) is 6.61 Å². The third-order valence-electron chi connectivity index (χ3n) is 7.85. The molecule has 11 heteroatoms. The van der Waals surface area contributed by atoms with Gasteiger partial charge in [-0.05, 0) is 59.4 Å². The number of fused-ring (bicyclic) bond motifs is 2. The first kappa shape index (κ1) is 36.0. The van der Waals surface area contributed by atoms with E-state index in [4.69, 9.17) is 25.7 Å². The van der Waals surface area contributed by atoms with Crippen LogP contribution in [0.5, 0.6) is 11.5 Å². The molecule has 7 N–H and O–H groups in total. The van der Waals surface area contributed by atoms with Crippen molar-refractivity contribution < 1.29 is 33.6 Å². The Morgan fingerprint density at radius 2 is 1.41 bits per heavy atom. The summed E-state index contributed by atoms with van der Waals surface area (Å²) < 4.78 is 17.2. The number of nitrogens with two attached hydrogens (primary N) is 2. The van der Waals surface area contributed by atoms with Gasteiger partial charge in [0.05, 0.1) is 13.7 Å². The van der Waals surface area contributed by atoms with E-state index in [1.807, 2.05) is 72.8 Å². The van der Waals surface area contributed by atoms with E-state index >= 15 is 0 Å². The lowest BCUT2D eigenvalue weighted by Gasteiger charge is -2.22. The van der Waals surface area contributed by atoms with Crippen LogP contribution in [0, 0.1) is 0 Å². The van der Waals surface area contributed by atoms with Crippen LogP contribution in [0.2, 0.25) is 0 Å². The van der Waals surface area contributed by atoms with Crippen molar-refractivity contribution in [2.24, 2.45) is 11.5 Å². The molecule has 0 saturated heterocycles. The van der Waals surface area contributed by atoms with E-state index in [0.29, 0.717) is 37.5 Å². The minimum absolute atomic E-state index is 0.0982. The lowest BCUT2D eigenvalue weighted by molar-refractivity contribution is -0.459. The average Bonchev–Trinajstić information content (AvgIpc) is 3.11. The lowest BCUT2D eigenvalue weighted by atomic mass is 9.92. The normalized spacial score (nSPS) is 11.9. The number of nitrogens with one attached hydrogen (secondary N) is 3. The fourth-order valence-electron chi connectivity index (χ4n) is 5.56. The molecule has 0 unspecified atom stereocenters. The Morgan fingerprint density at radius 1 is 0.796 bits per heavy atom. The highest BCUT2D eigenvalue weighted by Gasteiger charge is 2.27. The van der Waals surface area contributed by atoms with E-state index in [-0.39, 0.29) is 25.4 Å². The molecular formula is C38H44N5O6+. The zero-order chi connectivity index (χ0) is 35.2. The largest absolute Gasteiger partial charge is 0.489 e. The van der Waals surface area contributed by atoms with Gasteiger partial charge in [-0.15, -0.1) is 6.58 Å². The van der Waals surface area contributed by atoms with Crippen molar-refractivity contribution in [1.29, 1.82) is 0 Å². The van der Waals surface area contributed by atoms with Crippen LogP contribution in [0.25, 0.3) is 32.7 Å². The van der Waals surface area contributed by atoms with Gasteiger partial charge in [0, 0.05) is 11.1 Å². The highest BCUT2D eigenvalue weighted by Crippen LogP contribution is 2.45. The predicted molar refractivity (Wildman–Crippen MR) is 192 cm³/mol. The van der Waals surface area contributed by atoms with E-state index in [9.17, 15) is 14.4 Å². The summed E-state index contributed by atoms with van der Waals surface area (Å²) in [4.78, 5) is 41.9. The Bertz CT molecular complexity index is 1830. The lowest BCUT2D eigenvalue weighted by Crippen LogP contribution is -2.78. The molecule has 0 bridgehead atoms. The third-order valence-corrected chi connectivity index (χ3v) is 7.85. The van der Waals surface area contributed by atoms with Crippen molar-refractivity contribution >= 4 is 45.3 Å². The van der Waals surface area contributed by atoms with Gasteiger partial charge >= 0.3 is 11.9 Å². The van der Waals surface area contributed by atoms with Gasteiger partial charge in [0.1, 0.15) is 30.2 Å². The van der Waals surface area contributed by atoms with Crippen LogP contribution in [0.3, 0.4) is 0 Å². The molecule has 0 aliphatic rings. The third kappa shape index (κ3) is 9.60. The zero-order valence-electron chi connectivity index (χ0n) is 27.7. The van der Waals surface area contributed by atoms with Gasteiger partial charge in [-0.2, -0.15) is 0 Å². The maximum absolute atomic E-state index is 13.4. The van der Waals surface area contributed by atoms with E-state index < -0.39 is 29.9 Å². The first-order valence-corrected chi connectivity index (χ1v) is 16.1. The van der Waals surface area contributed by atoms with Gasteiger partial charge in [0.25, 0.3) is 5.91 Å². The maximum atomic E-state index is 13.4. The molecule has 0 heterocycles. The molecule has 0 radical (unpaired) electrons. The zero-order valence-corrected chi connectivity index (χ0v) is 27.7. The van der Waals surface area contributed by atoms with Crippen molar-refractivity contribution in [3.8, 4) is 22.6 Å². The quantitative estimate of drug-likeness (QED) is 0.0355. The number of rotatable bonds is 18. The minimum atomic E-state index is -0.958. The molecule has 4 rings (SSSR count). The summed E-state index contributed by atoms with van der Waals surface area (Å²) >= 11 is 0. The molecule has 0 aromatic heterocycles. The number of amides is 2. The SMILES string of the molecule is C=CCOc1ccc2ccccc2c1-c1c(OCC(=O)N[C@H](CCCC[NH+]=C(N)N)C(=O)N[C@@H](CC=C)C(=O)OC)ccc2ccccc12. The Hall–Kier alpha value is -5.84. The first-order valence-electron chi connectivity index (χ1n) is 16.1. The highest BCUT2D eigenvalue weighted by atomic mass is 16.5. The number of guanidine groups is 1. The Morgan fingerprint density at radius 3 is 1.98 bits per heavy atom. The molecule has 4 aromatic rings. The van der Waals surface area contributed by atoms with Gasteiger partial charge in [-0.25, -0.2) is 4.79 Å². The summed E-state index contributed by atoms with van der Waals surface area (Å²) in [6.45, 7) is 7.87. The number of unbranched alkanes of at least 4 members (excludes halogenated alkanes) is 1. The van der Waals surface area contributed by atoms with Gasteiger partial charge in [0.2, 0.25) is 5.91 Å².